The van der Waals surface area contributed by atoms with Crippen LogP contribution in [0, 0.1) is 0 Å². The van der Waals surface area contributed by atoms with E-state index in [1.807, 2.05) is 4.90 Å². The minimum Gasteiger partial charge on any atom is -0.509 e. The Labute approximate surface area is 110 Å². The summed E-state index contributed by atoms with van der Waals surface area (Å²) in [5.41, 5.74) is 5.75. The van der Waals surface area contributed by atoms with E-state index < -0.39 is 12.5 Å². The van der Waals surface area contributed by atoms with Gasteiger partial charge in [0.25, 0.3) is 0 Å². The quantitative estimate of drug-likeness (QED) is 0.277. The first-order valence-corrected chi connectivity index (χ1v) is 6.23. The van der Waals surface area contributed by atoms with Crippen LogP contribution in [0.4, 0.5) is 0 Å². The van der Waals surface area contributed by atoms with Crippen LogP contribution in [0.2, 0.25) is 0 Å². The van der Waals surface area contributed by atoms with Gasteiger partial charge < -0.3 is 25.8 Å². The van der Waals surface area contributed by atoms with Gasteiger partial charge in [-0.25, -0.2) is 4.90 Å². The van der Waals surface area contributed by atoms with E-state index >= 15 is 0 Å². The number of rotatable bonds is 2. The molecule has 0 amide bonds. The van der Waals surface area contributed by atoms with E-state index in [1.54, 1.807) is 0 Å². The van der Waals surface area contributed by atoms with Crippen LogP contribution >= 0.6 is 0 Å². The zero-order valence-electron chi connectivity index (χ0n) is 10.3. The summed E-state index contributed by atoms with van der Waals surface area (Å²) in [5, 5.41) is 37.7. The fourth-order valence-corrected chi connectivity index (χ4v) is 2.78. The van der Waals surface area contributed by atoms with Gasteiger partial charge in [-0.2, -0.15) is 0 Å². The number of aliphatic hydroxyl groups is 3. The maximum Gasteiger partial charge on any atom is 0.162 e. The maximum absolute atomic E-state index is 9.90. The molecule has 0 aromatic heterocycles. The molecule has 0 spiro atoms. The second kappa shape index (κ2) is 4.87. The van der Waals surface area contributed by atoms with Gasteiger partial charge in [0.1, 0.15) is 24.9 Å². The highest BCUT2D eigenvalue weighted by Gasteiger charge is 2.47. The lowest BCUT2D eigenvalue weighted by molar-refractivity contribution is -0.0556. The molecule has 3 rings (SSSR count). The Kier molecular flexibility index (Phi) is 3.35. The number of ether oxygens (including phenoxy) is 1. The molecule has 9 nitrogen and oxygen atoms in total. The van der Waals surface area contributed by atoms with Gasteiger partial charge >= 0.3 is 0 Å². The summed E-state index contributed by atoms with van der Waals surface area (Å²) < 4.78 is 5.51. The van der Waals surface area contributed by atoms with Crippen molar-refractivity contribution in [1.82, 2.24) is 20.9 Å². The normalized spacial score (nSPS) is 43.4. The number of hydrogen-bond acceptors (Lipinski definition) is 9. The summed E-state index contributed by atoms with van der Waals surface area (Å²) in [6, 6.07) is -0.219. The average Bonchev–Trinajstić information content (AvgIpc) is 2.92. The van der Waals surface area contributed by atoms with Gasteiger partial charge in [-0.05, 0) is 0 Å². The highest BCUT2D eigenvalue weighted by Crippen LogP contribution is 2.29. The Morgan fingerprint density at radius 3 is 2.89 bits per heavy atom. The highest BCUT2D eigenvalue weighted by atomic mass is 16.5. The third-order valence-corrected chi connectivity index (χ3v) is 3.73. The minimum absolute atomic E-state index is 0.0646. The Hall–Kier alpha value is -0.940. The Bertz CT molecular complexity index is 392. The lowest BCUT2D eigenvalue weighted by Gasteiger charge is -2.40. The van der Waals surface area contributed by atoms with E-state index in [-0.39, 0.29) is 36.6 Å². The van der Waals surface area contributed by atoms with Crippen LogP contribution in [0.15, 0.2) is 11.5 Å². The van der Waals surface area contributed by atoms with Crippen molar-refractivity contribution in [1.29, 1.82) is 0 Å². The summed E-state index contributed by atoms with van der Waals surface area (Å²) in [7, 11) is 0. The standard InChI is InChI=1S/C10H19N5O4/c11-10-13-8-7(9(18)14-10)12-3-15(8)6-1-4(17)5(2-16)19-6/h6-10,12-14,16-18H,1-3,11H2/t6-,7?,8?,9?,10?/m1/s1. The molecule has 2 fully saturated rings. The first kappa shape index (κ1) is 13.1. The topological polar surface area (TPSA) is 135 Å². The molecular formula is C10H19N5O4. The molecule has 2 saturated heterocycles. The van der Waals surface area contributed by atoms with Crippen LogP contribution in [0.3, 0.4) is 0 Å². The molecule has 0 saturated carbocycles. The zero-order chi connectivity index (χ0) is 13.6. The number of nitrogens with one attached hydrogen (secondary N) is 3. The smallest absolute Gasteiger partial charge is 0.162 e. The molecule has 8 N–H and O–H groups in total. The Morgan fingerprint density at radius 1 is 1.42 bits per heavy atom. The van der Waals surface area contributed by atoms with Crippen molar-refractivity contribution in [3.8, 4) is 0 Å². The van der Waals surface area contributed by atoms with Gasteiger partial charge in [0.15, 0.2) is 12.0 Å². The average molecular weight is 273 g/mol. The molecule has 19 heavy (non-hydrogen) atoms. The van der Waals surface area contributed by atoms with E-state index in [4.69, 9.17) is 15.6 Å². The predicted octanol–water partition coefficient (Wildman–Crippen LogP) is -3.19. The summed E-state index contributed by atoms with van der Waals surface area (Å²) in [4.78, 5) is 1.92. The molecule has 0 aromatic rings. The number of aliphatic hydroxyl groups excluding tert-OH is 3. The van der Waals surface area contributed by atoms with Crippen LogP contribution in [-0.2, 0) is 4.74 Å². The Morgan fingerprint density at radius 2 is 2.21 bits per heavy atom. The van der Waals surface area contributed by atoms with Crippen molar-refractivity contribution in [2.24, 2.45) is 5.73 Å². The summed E-state index contributed by atoms with van der Waals surface area (Å²) in [5.74, 6) is 0.266. The summed E-state index contributed by atoms with van der Waals surface area (Å²) >= 11 is 0. The van der Waals surface area contributed by atoms with Crippen molar-refractivity contribution >= 4 is 0 Å². The van der Waals surface area contributed by atoms with E-state index in [0.29, 0.717) is 13.1 Å². The molecule has 3 heterocycles. The molecule has 0 radical (unpaired) electrons. The first-order chi connectivity index (χ1) is 9.10. The molecule has 3 aliphatic heterocycles. The second-order valence-electron chi connectivity index (χ2n) is 4.91. The number of hydrogen-bond donors (Lipinski definition) is 7. The van der Waals surface area contributed by atoms with E-state index in [1.165, 1.54) is 0 Å². The van der Waals surface area contributed by atoms with Crippen LogP contribution in [0.5, 0.6) is 0 Å². The van der Waals surface area contributed by atoms with Gasteiger partial charge in [0, 0.05) is 0 Å². The van der Waals surface area contributed by atoms with Gasteiger partial charge in [0.2, 0.25) is 0 Å². The van der Waals surface area contributed by atoms with Crippen LogP contribution < -0.4 is 21.7 Å². The summed E-state index contributed by atoms with van der Waals surface area (Å²) in [6.07, 6.45) is -1.55. The van der Waals surface area contributed by atoms with Crippen molar-refractivity contribution in [3.63, 3.8) is 0 Å². The lowest BCUT2D eigenvalue weighted by Crippen LogP contribution is -2.72. The fraction of sp³-hybridized carbons (Fsp3) is 0.800. The van der Waals surface area contributed by atoms with Gasteiger partial charge in [-0.1, -0.05) is 0 Å². The largest absolute Gasteiger partial charge is 0.509 e. The first-order valence-electron chi connectivity index (χ1n) is 6.23. The second-order valence-corrected chi connectivity index (χ2v) is 4.91. The molecule has 0 aliphatic carbocycles. The van der Waals surface area contributed by atoms with Crippen molar-refractivity contribution in [2.45, 2.75) is 37.4 Å². The number of fused-ring (bicyclic) bond motifs is 1. The molecule has 5 atom stereocenters. The molecule has 108 valence electrons. The van der Waals surface area contributed by atoms with Crippen LogP contribution in [-0.4, -0.2) is 64.4 Å². The monoisotopic (exact) mass is 273 g/mol. The van der Waals surface area contributed by atoms with Crippen LogP contribution in [0.25, 0.3) is 0 Å². The van der Waals surface area contributed by atoms with Crippen molar-refractivity contribution < 1.29 is 20.1 Å². The van der Waals surface area contributed by atoms with Crippen molar-refractivity contribution in [3.05, 3.63) is 11.5 Å². The predicted molar refractivity (Wildman–Crippen MR) is 63.9 cm³/mol. The number of nitrogens with zero attached hydrogens (tertiary/aromatic N) is 1. The number of nitrogens with two attached hydrogens (primary N) is 1. The molecule has 9 heteroatoms. The summed E-state index contributed by atoms with van der Waals surface area (Å²) in [6.45, 7) is 0.166. The molecule has 0 aromatic carbocycles. The van der Waals surface area contributed by atoms with Gasteiger partial charge in [-0.15, -0.1) is 0 Å². The van der Waals surface area contributed by atoms with E-state index in [9.17, 15) is 10.2 Å². The zero-order valence-corrected chi connectivity index (χ0v) is 10.3. The van der Waals surface area contributed by atoms with E-state index in [0.717, 1.165) is 0 Å². The molecular weight excluding hydrogens is 254 g/mol. The maximum atomic E-state index is 9.90. The van der Waals surface area contributed by atoms with E-state index in [2.05, 4.69) is 16.0 Å². The molecule has 3 aliphatic rings. The molecule has 4 unspecified atom stereocenters. The minimum atomic E-state index is -0.758. The van der Waals surface area contributed by atoms with Crippen molar-refractivity contribution in [2.75, 3.05) is 13.3 Å². The third-order valence-electron chi connectivity index (χ3n) is 3.73. The third kappa shape index (κ3) is 2.19. The van der Waals surface area contributed by atoms with Crippen LogP contribution in [0.1, 0.15) is 6.42 Å². The highest BCUT2D eigenvalue weighted by molar-refractivity contribution is 5.09. The van der Waals surface area contributed by atoms with Gasteiger partial charge in [0.05, 0.1) is 25.3 Å². The fourth-order valence-electron chi connectivity index (χ4n) is 2.78. The SMILES string of the molecule is NC1NC(O)C2NCN([C@H]3CC(O)=C(CO)O3)C2N1. The Balaban J connectivity index is 1.70. The molecule has 0 bridgehead atoms. The lowest BCUT2D eigenvalue weighted by atomic mass is 10.1. The van der Waals surface area contributed by atoms with Gasteiger partial charge in [-0.3, -0.25) is 16.0 Å².